The fourth-order valence-electron chi connectivity index (χ4n) is 1.82. The first kappa shape index (κ1) is 14.1. The maximum Gasteiger partial charge on any atom is 0.286 e. The van der Waals surface area contributed by atoms with Gasteiger partial charge in [0.15, 0.2) is 5.78 Å². The molecule has 0 atom stereocenters. The van der Waals surface area contributed by atoms with Crippen LogP contribution in [0.4, 0.5) is 8.78 Å². The van der Waals surface area contributed by atoms with Crippen molar-refractivity contribution in [1.29, 1.82) is 0 Å². The number of hydrogen-bond acceptors (Lipinski definition) is 1. The van der Waals surface area contributed by atoms with Crippen LogP contribution >= 0.6 is 0 Å². The number of hydrogen-bond donors (Lipinski definition) is 0. The fraction of sp³-hybridized carbons (Fsp3) is 0.643. The topological polar surface area (TPSA) is 17.1 Å². The number of alkyl halides is 2. The van der Waals surface area contributed by atoms with E-state index in [-0.39, 0.29) is 16.9 Å². The van der Waals surface area contributed by atoms with Gasteiger partial charge in [0.2, 0.25) is 0 Å². The SMILES string of the molecule is CC(C)(C)C1=CC(F)(F)C=C(C(C)(C)C)C1=O. The molecule has 0 aromatic rings. The Morgan fingerprint density at radius 3 is 1.41 bits per heavy atom. The third kappa shape index (κ3) is 3.02. The lowest BCUT2D eigenvalue weighted by Crippen LogP contribution is -2.32. The standard InChI is InChI=1S/C14H20F2O/c1-12(2,3)9-7-14(15,16)8-10(11(9)17)13(4,5)6/h7-8H,1-6H3. The summed E-state index contributed by atoms with van der Waals surface area (Å²) in [6.07, 6.45) is 1.59. The van der Waals surface area contributed by atoms with Crippen molar-refractivity contribution in [3.63, 3.8) is 0 Å². The van der Waals surface area contributed by atoms with Gasteiger partial charge in [-0.05, 0) is 23.0 Å². The zero-order valence-corrected chi connectivity index (χ0v) is 11.3. The molecule has 1 aliphatic rings. The molecule has 0 N–H and O–H groups in total. The van der Waals surface area contributed by atoms with E-state index >= 15 is 0 Å². The summed E-state index contributed by atoms with van der Waals surface area (Å²) in [5.74, 6) is -3.28. The first-order chi connectivity index (χ1) is 7.34. The van der Waals surface area contributed by atoms with Crippen LogP contribution in [0.25, 0.3) is 0 Å². The normalized spacial score (nSPS) is 21.1. The molecule has 1 nitrogen and oxygen atoms in total. The number of carbonyl (C=O) groups is 1. The van der Waals surface area contributed by atoms with Crippen molar-refractivity contribution in [3.05, 3.63) is 23.3 Å². The van der Waals surface area contributed by atoms with Crippen molar-refractivity contribution in [2.45, 2.75) is 47.5 Å². The van der Waals surface area contributed by atoms with E-state index in [1.165, 1.54) is 0 Å². The lowest BCUT2D eigenvalue weighted by molar-refractivity contribution is -0.114. The second kappa shape index (κ2) is 3.76. The molecule has 0 amide bonds. The molecule has 0 aliphatic heterocycles. The minimum atomic E-state index is -3.03. The summed E-state index contributed by atoms with van der Waals surface area (Å²) in [6, 6.07) is 0. The predicted molar refractivity (Wildman–Crippen MR) is 65.0 cm³/mol. The van der Waals surface area contributed by atoms with Gasteiger partial charge in [-0.15, -0.1) is 0 Å². The van der Waals surface area contributed by atoms with Crippen molar-refractivity contribution in [1.82, 2.24) is 0 Å². The van der Waals surface area contributed by atoms with Crippen LogP contribution < -0.4 is 0 Å². The molecule has 17 heavy (non-hydrogen) atoms. The molecule has 0 fully saturated rings. The van der Waals surface area contributed by atoms with Gasteiger partial charge in [0, 0.05) is 11.1 Å². The highest BCUT2D eigenvalue weighted by Crippen LogP contribution is 2.41. The number of Topliss-reactive ketones (excluding diaryl/α,β-unsaturated/α-hetero) is 1. The van der Waals surface area contributed by atoms with E-state index in [4.69, 9.17) is 0 Å². The van der Waals surface area contributed by atoms with E-state index < -0.39 is 16.8 Å². The van der Waals surface area contributed by atoms with E-state index in [2.05, 4.69) is 0 Å². The fourth-order valence-corrected chi connectivity index (χ4v) is 1.82. The van der Waals surface area contributed by atoms with Gasteiger partial charge in [-0.1, -0.05) is 41.5 Å². The van der Waals surface area contributed by atoms with Crippen LogP contribution in [-0.4, -0.2) is 11.7 Å². The van der Waals surface area contributed by atoms with Crippen molar-refractivity contribution in [2.24, 2.45) is 10.8 Å². The lowest BCUT2D eigenvalue weighted by atomic mass is 9.72. The number of carbonyl (C=O) groups excluding carboxylic acids is 1. The van der Waals surface area contributed by atoms with Gasteiger partial charge in [-0.25, -0.2) is 0 Å². The van der Waals surface area contributed by atoms with Gasteiger partial charge in [0.1, 0.15) is 0 Å². The maximum absolute atomic E-state index is 13.6. The van der Waals surface area contributed by atoms with Crippen LogP contribution in [0.1, 0.15) is 41.5 Å². The van der Waals surface area contributed by atoms with Crippen LogP contribution in [0.3, 0.4) is 0 Å². The zero-order valence-electron chi connectivity index (χ0n) is 11.3. The summed E-state index contributed by atoms with van der Waals surface area (Å²) in [7, 11) is 0. The number of allylic oxidation sites excluding steroid dienone is 4. The Balaban J connectivity index is 3.34. The summed E-state index contributed by atoms with van der Waals surface area (Å²) in [5.41, 5.74) is -0.721. The number of ketones is 1. The molecule has 0 aromatic carbocycles. The lowest BCUT2D eigenvalue weighted by Gasteiger charge is -2.32. The summed E-state index contributed by atoms with van der Waals surface area (Å²) < 4.78 is 27.3. The quantitative estimate of drug-likeness (QED) is 0.623. The third-order valence-electron chi connectivity index (χ3n) is 2.78. The van der Waals surface area contributed by atoms with Crippen LogP contribution in [0, 0.1) is 10.8 Å². The number of rotatable bonds is 0. The molecule has 0 aromatic heterocycles. The Hall–Kier alpha value is -0.990. The first-order valence-electron chi connectivity index (χ1n) is 5.74. The first-order valence-corrected chi connectivity index (χ1v) is 5.74. The monoisotopic (exact) mass is 242 g/mol. The van der Waals surface area contributed by atoms with Crippen molar-refractivity contribution >= 4 is 5.78 Å². The van der Waals surface area contributed by atoms with Crippen LogP contribution in [0.2, 0.25) is 0 Å². The van der Waals surface area contributed by atoms with Gasteiger partial charge in [-0.2, -0.15) is 8.78 Å². The molecule has 0 radical (unpaired) electrons. The van der Waals surface area contributed by atoms with Gasteiger partial charge < -0.3 is 0 Å². The average Bonchev–Trinajstić information content (AvgIpc) is 2.04. The Kier molecular flexibility index (Phi) is 3.11. The van der Waals surface area contributed by atoms with E-state index in [1.807, 2.05) is 0 Å². The van der Waals surface area contributed by atoms with Gasteiger partial charge in [0.05, 0.1) is 0 Å². The zero-order chi connectivity index (χ0) is 13.6. The third-order valence-corrected chi connectivity index (χ3v) is 2.78. The van der Waals surface area contributed by atoms with Crippen molar-refractivity contribution in [2.75, 3.05) is 0 Å². The second-order valence-electron chi connectivity index (χ2n) is 6.62. The summed E-state index contributed by atoms with van der Waals surface area (Å²) in [6.45, 7) is 10.7. The molecule has 0 bridgehead atoms. The molecule has 0 spiro atoms. The van der Waals surface area contributed by atoms with E-state index in [0.717, 1.165) is 12.2 Å². The minimum Gasteiger partial charge on any atom is -0.289 e. The Morgan fingerprint density at radius 1 is 0.882 bits per heavy atom. The van der Waals surface area contributed by atoms with Crippen LogP contribution in [0.5, 0.6) is 0 Å². The second-order valence-corrected chi connectivity index (χ2v) is 6.62. The highest BCUT2D eigenvalue weighted by molar-refractivity contribution is 6.11. The van der Waals surface area contributed by atoms with E-state index in [9.17, 15) is 13.6 Å². The van der Waals surface area contributed by atoms with Crippen molar-refractivity contribution in [3.8, 4) is 0 Å². The Labute approximate surface area is 102 Å². The molecule has 0 saturated carbocycles. The molecule has 0 heterocycles. The molecular weight excluding hydrogens is 222 g/mol. The number of halogens is 2. The van der Waals surface area contributed by atoms with Crippen LogP contribution in [0.15, 0.2) is 23.3 Å². The maximum atomic E-state index is 13.6. The van der Waals surface area contributed by atoms with Gasteiger partial charge in [0.25, 0.3) is 5.92 Å². The molecular formula is C14H20F2O. The smallest absolute Gasteiger partial charge is 0.286 e. The Bertz CT molecular complexity index is 365. The van der Waals surface area contributed by atoms with Crippen LogP contribution in [-0.2, 0) is 4.79 Å². The minimum absolute atomic E-state index is 0.204. The molecule has 1 aliphatic carbocycles. The summed E-state index contributed by atoms with van der Waals surface area (Å²) in [5, 5.41) is 0. The summed E-state index contributed by atoms with van der Waals surface area (Å²) >= 11 is 0. The molecule has 3 heteroatoms. The van der Waals surface area contributed by atoms with E-state index in [1.54, 1.807) is 41.5 Å². The Morgan fingerprint density at radius 2 is 1.18 bits per heavy atom. The molecule has 1 rings (SSSR count). The highest BCUT2D eigenvalue weighted by atomic mass is 19.3. The van der Waals surface area contributed by atoms with Gasteiger partial charge >= 0.3 is 0 Å². The van der Waals surface area contributed by atoms with Gasteiger partial charge in [-0.3, -0.25) is 4.79 Å². The molecule has 0 saturated heterocycles. The highest BCUT2D eigenvalue weighted by Gasteiger charge is 2.41. The predicted octanol–water partition coefficient (Wildman–Crippen LogP) is 4.15. The van der Waals surface area contributed by atoms with E-state index in [0.29, 0.717) is 0 Å². The molecule has 0 unspecified atom stereocenters. The molecule has 96 valence electrons. The summed E-state index contributed by atoms with van der Waals surface area (Å²) in [4.78, 5) is 12.2. The average molecular weight is 242 g/mol. The largest absolute Gasteiger partial charge is 0.289 e. The van der Waals surface area contributed by atoms with Crippen molar-refractivity contribution < 1.29 is 13.6 Å².